The number of hydrogen-bond acceptors (Lipinski definition) is 4. The lowest BCUT2D eigenvalue weighted by molar-refractivity contribution is -0.127. The number of ether oxygens (including phenoxy) is 2. The summed E-state index contributed by atoms with van der Waals surface area (Å²) in [5, 5.41) is 6.32. The van der Waals surface area contributed by atoms with Gasteiger partial charge >= 0.3 is 0 Å². The number of amides is 1. The SMILES string of the molecule is CCNC(=NCC(=O)N(C)C)NCCCOCc1ccc(OC)cc1.I. The van der Waals surface area contributed by atoms with Crippen molar-refractivity contribution in [3.05, 3.63) is 29.8 Å². The van der Waals surface area contributed by atoms with Crippen LogP contribution in [0.3, 0.4) is 0 Å². The summed E-state index contributed by atoms with van der Waals surface area (Å²) in [7, 11) is 5.09. The number of guanidine groups is 1. The van der Waals surface area contributed by atoms with E-state index in [-0.39, 0.29) is 36.4 Å². The van der Waals surface area contributed by atoms with Crippen molar-refractivity contribution in [2.24, 2.45) is 4.99 Å². The highest BCUT2D eigenvalue weighted by molar-refractivity contribution is 14.0. The van der Waals surface area contributed by atoms with E-state index in [1.807, 2.05) is 31.2 Å². The van der Waals surface area contributed by atoms with Crippen LogP contribution < -0.4 is 15.4 Å². The Morgan fingerprint density at radius 1 is 1.19 bits per heavy atom. The van der Waals surface area contributed by atoms with Crippen molar-refractivity contribution in [3.8, 4) is 5.75 Å². The zero-order chi connectivity index (χ0) is 18.5. The van der Waals surface area contributed by atoms with Crippen LogP contribution in [-0.2, 0) is 16.1 Å². The number of rotatable bonds is 10. The van der Waals surface area contributed by atoms with Gasteiger partial charge in [0.25, 0.3) is 0 Å². The molecule has 1 aromatic rings. The number of nitrogens with zero attached hydrogens (tertiary/aromatic N) is 2. The smallest absolute Gasteiger partial charge is 0.243 e. The average molecular weight is 478 g/mol. The molecule has 1 rings (SSSR count). The van der Waals surface area contributed by atoms with E-state index in [0.29, 0.717) is 19.2 Å². The third kappa shape index (κ3) is 10.4. The molecule has 0 aliphatic carbocycles. The molecule has 0 aliphatic rings. The Morgan fingerprint density at radius 2 is 1.88 bits per heavy atom. The fourth-order valence-electron chi connectivity index (χ4n) is 1.92. The fourth-order valence-corrected chi connectivity index (χ4v) is 1.92. The highest BCUT2D eigenvalue weighted by Gasteiger charge is 2.03. The molecule has 0 saturated carbocycles. The summed E-state index contributed by atoms with van der Waals surface area (Å²) in [4.78, 5) is 17.4. The van der Waals surface area contributed by atoms with Gasteiger partial charge in [-0.15, -0.1) is 24.0 Å². The van der Waals surface area contributed by atoms with Crippen molar-refractivity contribution in [1.29, 1.82) is 0 Å². The van der Waals surface area contributed by atoms with Crippen molar-refractivity contribution in [2.75, 3.05) is 47.4 Å². The summed E-state index contributed by atoms with van der Waals surface area (Å²) in [5.41, 5.74) is 1.12. The lowest BCUT2D eigenvalue weighted by atomic mass is 10.2. The normalized spacial score (nSPS) is 10.7. The van der Waals surface area contributed by atoms with Crippen LogP contribution >= 0.6 is 24.0 Å². The van der Waals surface area contributed by atoms with Crippen molar-refractivity contribution >= 4 is 35.8 Å². The van der Waals surface area contributed by atoms with Crippen molar-refractivity contribution < 1.29 is 14.3 Å². The van der Waals surface area contributed by atoms with Gasteiger partial charge in [-0.05, 0) is 31.0 Å². The summed E-state index contributed by atoms with van der Waals surface area (Å²) < 4.78 is 10.8. The Labute approximate surface area is 173 Å². The van der Waals surface area contributed by atoms with Gasteiger partial charge in [0.05, 0.1) is 13.7 Å². The van der Waals surface area contributed by atoms with Gasteiger partial charge < -0.3 is 25.0 Å². The van der Waals surface area contributed by atoms with Crippen LogP contribution in [0.15, 0.2) is 29.3 Å². The molecule has 1 amide bonds. The third-order valence-electron chi connectivity index (χ3n) is 3.40. The van der Waals surface area contributed by atoms with E-state index >= 15 is 0 Å². The number of nitrogens with one attached hydrogen (secondary N) is 2. The number of benzene rings is 1. The second-order valence-electron chi connectivity index (χ2n) is 5.66. The lowest BCUT2D eigenvalue weighted by Gasteiger charge is -2.12. The topological polar surface area (TPSA) is 75.2 Å². The number of likely N-dealkylation sites (N-methyl/N-ethyl adjacent to an activating group) is 1. The molecule has 0 fully saturated rings. The van der Waals surface area contributed by atoms with Gasteiger partial charge in [0.1, 0.15) is 12.3 Å². The second-order valence-corrected chi connectivity index (χ2v) is 5.66. The molecule has 7 nitrogen and oxygen atoms in total. The summed E-state index contributed by atoms with van der Waals surface area (Å²) in [6, 6.07) is 7.84. The number of carbonyl (C=O) groups excluding carboxylic acids is 1. The molecule has 26 heavy (non-hydrogen) atoms. The standard InChI is InChI=1S/C18H30N4O3.HI/c1-5-19-18(21-13-17(23)22(2)3)20-11-6-12-25-14-15-7-9-16(24-4)10-8-15;/h7-10H,5-6,11-14H2,1-4H3,(H2,19,20,21);1H. The zero-order valence-corrected chi connectivity index (χ0v) is 18.4. The molecule has 1 aromatic carbocycles. The number of hydrogen-bond donors (Lipinski definition) is 2. The van der Waals surface area contributed by atoms with E-state index in [1.54, 1.807) is 21.2 Å². The molecule has 2 N–H and O–H groups in total. The largest absolute Gasteiger partial charge is 0.497 e. The monoisotopic (exact) mass is 478 g/mol. The third-order valence-corrected chi connectivity index (χ3v) is 3.40. The first-order chi connectivity index (χ1) is 12.1. The zero-order valence-electron chi connectivity index (χ0n) is 16.1. The van der Waals surface area contributed by atoms with E-state index in [1.165, 1.54) is 4.90 Å². The summed E-state index contributed by atoms with van der Waals surface area (Å²) >= 11 is 0. The maximum atomic E-state index is 11.6. The number of aliphatic imine (C=N–C) groups is 1. The van der Waals surface area contributed by atoms with Gasteiger partial charge in [-0.25, -0.2) is 4.99 Å². The molecule has 0 aliphatic heterocycles. The quantitative estimate of drug-likeness (QED) is 0.233. The Hall–Kier alpha value is -1.55. The maximum Gasteiger partial charge on any atom is 0.243 e. The summed E-state index contributed by atoms with van der Waals surface area (Å²) in [6.07, 6.45) is 0.849. The molecule has 0 aromatic heterocycles. The van der Waals surface area contributed by atoms with E-state index in [0.717, 1.165) is 30.8 Å². The molecule has 0 radical (unpaired) electrons. The molecule has 0 saturated heterocycles. The minimum Gasteiger partial charge on any atom is -0.497 e. The first kappa shape index (κ1) is 24.5. The van der Waals surface area contributed by atoms with E-state index < -0.39 is 0 Å². The highest BCUT2D eigenvalue weighted by Crippen LogP contribution is 2.11. The Bertz CT molecular complexity index is 536. The molecular weight excluding hydrogens is 447 g/mol. The number of methoxy groups -OCH3 is 1. The van der Waals surface area contributed by atoms with Crippen LogP contribution in [0.25, 0.3) is 0 Å². The Morgan fingerprint density at radius 3 is 2.46 bits per heavy atom. The van der Waals surface area contributed by atoms with Gasteiger partial charge in [-0.3, -0.25) is 4.79 Å². The summed E-state index contributed by atoms with van der Waals surface area (Å²) in [6.45, 7) is 4.82. The molecule has 0 heterocycles. The Balaban J connectivity index is 0.00000625. The number of halogens is 1. The molecule has 0 spiro atoms. The molecular formula is C18H31IN4O3. The van der Waals surface area contributed by atoms with E-state index in [4.69, 9.17) is 9.47 Å². The van der Waals surface area contributed by atoms with Gasteiger partial charge in [0.2, 0.25) is 5.91 Å². The van der Waals surface area contributed by atoms with Crippen LogP contribution in [0.1, 0.15) is 18.9 Å². The summed E-state index contributed by atoms with van der Waals surface area (Å²) in [5.74, 6) is 1.46. The first-order valence-electron chi connectivity index (χ1n) is 8.49. The maximum absolute atomic E-state index is 11.6. The number of carbonyl (C=O) groups is 1. The fraction of sp³-hybridized carbons (Fsp3) is 0.556. The van der Waals surface area contributed by atoms with E-state index in [2.05, 4.69) is 15.6 Å². The highest BCUT2D eigenvalue weighted by atomic mass is 127. The molecule has 0 atom stereocenters. The lowest BCUT2D eigenvalue weighted by Crippen LogP contribution is -2.39. The molecule has 0 unspecified atom stereocenters. The van der Waals surface area contributed by atoms with Crippen molar-refractivity contribution in [2.45, 2.75) is 20.0 Å². The minimum absolute atomic E-state index is 0. The predicted molar refractivity (Wildman–Crippen MR) is 115 cm³/mol. The van der Waals surface area contributed by atoms with Gasteiger partial charge in [-0.1, -0.05) is 12.1 Å². The second kappa shape index (κ2) is 14.6. The Kier molecular flexibility index (Phi) is 13.7. The van der Waals surface area contributed by atoms with Crippen LogP contribution in [0.4, 0.5) is 0 Å². The van der Waals surface area contributed by atoms with Crippen molar-refractivity contribution in [3.63, 3.8) is 0 Å². The minimum atomic E-state index is -0.0278. The van der Waals surface area contributed by atoms with Crippen LogP contribution in [0.5, 0.6) is 5.75 Å². The molecule has 8 heteroatoms. The van der Waals surface area contributed by atoms with E-state index in [9.17, 15) is 4.79 Å². The first-order valence-corrected chi connectivity index (χ1v) is 8.49. The predicted octanol–water partition coefficient (Wildman–Crippen LogP) is 1.86. The van der Waals surface area contributed by atoms with Crippen LogP contribution in [-0.4, -0.2) is 64.2 Å². The molecule has 148 valence electrons. The van der Waals surface area contributed by atoms with Crippen LogP contribution in [0.2, 0.25) is 0 Å². The van der Waals surface area contributed by atoms with Crippen molar-refractivity contribution in [1.82, 2.24) is 15.5 Å². The average Bonchev–Trinajstić information content (AvgIpc) is 2.62. The van der Waals surface area contributed by atoms with Gasteiger partial charge in [0, 0.05) is 33.8 Å². The van der Waals surface area contributed by atoms with Gasteiger partial charge in [0.15, 0.2) is 5.96 Å². The van der Waals surface area contributed by atoms with Gasteiger partial charge in [-0.2, -0.15) is 0 Å². The van der Waals surface area contributed by atoms with Crippen LogP contribution in [0, 0.1) is 0 Å². The molecule has 0 bridgehead atoms.